The Morgan fingerprint density at radius 1 is 1.00 bits per heavy atom. The third-order valence-electron chi connectivity index (χ3n) is 4.16. The number of para-hydroxylation sites is 1. The Bertz CT molecular complexity index is 622. The number of aryl methyl sites for hydroxylation is 2. The van der Waals surface area contributed by atoms with E-state index in [1.807, 2.05) is 12.1 Å². The molecular weight excluding hydrogens is 276 g/mol. The van der Waals surface area contributed by atoms with Crippen LogP contribution in [0.1, 0.15) is 11.1 Å². The average Bonchev–Trinajstić information content (AvgIpc) is 2.48. The topological polar surface area (TPSA) is 15.3 Å². The zero-order chi connectivity index (χ0) is 14.8. The van der Waals surface area contributed by atoms with E-state index in [0.717, 1.165) is 31.1 Å². The van der Waals surface area contributed by atoms with Gasteiger partial charge >= 0.3 is 0 Å². The van der Waals surface area contributed by atoms with E-state index in [-0.39, 0.29) is 0 Å². The number of nitrogens with one attached hydrogen (secondary N) is 1. The van der Waals surface area contributed by atoms with E-state index in [9.17, 15) is 0 Å². The number of piperazine rings is 1. The lowest BCUT2D eigenvalue weighted by Gasteiger charge is -2.30. The minimum absolute atomic E-state index is 1.07. The number of fused-ring (bicyclic) bond motifs is 1. The van der Waals surface area contributed by atoms with Gasteiger partial charge in [-0.2, -0.15) is 0 Å². The van der Waals surface area contributed by atoms with Gasteiger partial charge < -0.3 is 10.2 Å². The van der Waals surface area contributed by atoms with Crippen LogP contribution < -0.4 is 10.2 Å². The summed E-state index contributed by atoms with van der Waals surface area (Å²) < 4.78 is 0. The summed E-state index contributed by atoms with van der Waals surface area (Å²) in [5.74, 6) is 0. The Balaban J connectivity index is 0.000000140. The summed E-state index contributed by atoms with van der Waals surface area (Å²) in [7, 11) is 0. The minimum Gasteiger partial charge on any atom is -0.368 e. The molecule has 1 aromatic carbocycles. The van der Waals surface area contributed by atoms with Gasteiger partial charge in [-0.25, -0.2) is 0 Å². The molecule has 0 spiro atoms. The first-order valence-corrected chi connectivity index (χ1v) is 7.97. The van der Waals surface area contributed by atoms with Crippen molar-refractivity contribution in [1.29, 1.82) is 0 Å². The summed E-state index contributed by atoms with van der Waals surface area (Å²) in [5.41, 5.74) is 7.15. The van der Waals surface area contributed by atoms with Gasteiger partial charge in [0.05, 0.1) is 5.69 Å². The van der Waals surface area contributed by atoms with E-state index < -0.39 is 0 Å². The monoisotopic (exact) mass is 298 g/mol. The lowest BCUT2D eigenvalue weighted by Crippen LogP contribution is -2.43. The minimum atomic E-state index is 1.07. The predicted molar refractivity (Wildman–Crippen MR) is 93.7 cm³/mol. The highest BCUT2D eigenvalue weighted by atomic mass is 32.1. The van der Waals surface area contributed by atoms with Crippen molar-refractivity contribution in [3.63, 3.8) is 0 Å². The van der Waals surface area contributed by atoms with Gasteiger partial charge in [0, 0.05) is 31.1 Å². The molecule has 1 heterocycles. The number of hydrogen-bond donors (Lipinski definition) is 2. The molecule has 1 aromatic rings. The van der Waals surface area contributed by atoms with Crippen LogP contribution in [-0.2, 0) is 0 Å². The molecule has 0 aromatic heterocycles. The second kappa shape index (κ2) is 6.12. The van der Waals surface area contributed by atoms with E-state index in [2.05, 4.69) is 61.0 Å². The predicted octanol–water partition coefficient (Wildman–Crippen LogP) is 3.67. The Morgan fingerprint density at radius 3 is 2.10 bits per heavy atom. The van der Waals surface area contributed by atoms with Crippen LogP contribution in [0, 0.1) is 13.8 Å². The van der Waals surface area contributed by atoms with Crippen LogP contribution in [0.5, 0.6) is 0 Å². The standard InChI is InChI=1S/C10H14N2S.C8H8/c13-10-4-2-1-3-9(10)12-7-5-11-6-8-12;1-5-3-7-4-6(2)8(5)7/h1-4,11,13H,5-8H2;3-4H,1-2H3. The Morgan fingerprint density at radius 2 is 1.62 bits per heavy atom. The van der Waals surface area contributed by atoms with Crippen molar-refractivity contribution in [3.05, 3.63) is 47.5 Å². The van der Waals surface area contributed by atoms with E-state index in [0.29, 0.717) is 0 Å². The molecule has 4 rings (SSSR count). The van der Waals surface area contributed by atoms with Crippen LogP contribution in [0.3, 0.4) is 0 Å². The van der Waals surface area contributed by atoms with Gasteiger partial charge in [0.15, 0.2) is 0 Å². The van der Waals surface area contributed by atoms with Crippen molar-refractivity contribution < 1.29 is 0 Å². The lowest BCUT2D eigenvalue weighted by atomic mass is 9.82. The first-order chi connectivity index (χ1) is 10.2. The van der Waals surface area contributed by atoms with Gasteiger partial charge in [-0.05, 0) is 48.2 Å². The maximum Gasteiger partial charge on any atom is 0.0502 e. The summed E-state index contributed by atoms with van der Waals surface area (Å²) in [6.45, 7) is 8.63. The fourth-order valence-electron chi connectivity index (χ4n) is 3.04. The smallest absolute Gasteiger partial charge is 0.0502 e. The van der Waals surface area contributed by atoms with Crippen molar-refractivity contribution >= 4 is 18.3 Å². The number of thiol groups is 1. The molecule has 110 valence electrons. The molecule has 0 bridgehead atoms. The van der Waals surface area contributed by atoms with Crippen LogP contribution in [0.4, 0.5) is 5.69 Å². The fourth-order valence-corrected chi connectivity index (χ4v) is 3.35. The molecular formula is C18H22N2S. The fraction of sp³-hybridized carbons (Fsp3) is 0.333. The summed E-state index contributed by atoms with van der Waals surface area (Å²) in [5, 5.41) is 3.34. The van der Waals surface area contributed by atoms with Gasteiger partial charge in [-0.3, -0.25) is 0 Å². The lowest BCUT2D eigenvalue weighted by molar-refractivity contribution is 0.587. The molecule has 1 aliphatic heterocycles. The maximum absolute atomic E-state index is 4.45. The van der Waals surface area contributed by atoms with Crippen molar-refractivity contribution in [2.75, 3.05) is 31.1 Å². The molecule has 0 amide bonds. The van der Waals surface area contributed by atoms with Gasteiger partial charge in [0.1, 0.15) is 0 Å². The summed E-state index contributed by atoms with van der Waals surface area (Å²) in [4.78, 5) is 3.45. The van der Waals surface area contributed by atoms with E-state index in [1.165, 1.54) is 27.9 Å². The first-order valence-electron chi connectivity index (χ1n) is 7.52. The van der Waals surface area contributed by atoms with Crippen LogP contribution in [0.2, 0.25) is 0 Å². The van der Waals surface area contributed by atoms with Crippen molar-refractivity contribution in [2.45, 2.75) is 18.7 Å². The number of anilines is 1. The van der Waals surface area contributed by atoms with Crippen molar-refractivity contribution in [1.82, 2.24) is 5.32 Å². The molecule has 2 nitrogen and oxygen atoms in total. The molecule has 1 saturated heterocycles. The van der Waals surface area contributed by atoms with Crippen LogP contribution in [0.25, 0.3) is 11.1 Å². The molecule has 0 radical (unpaired) electrons. The Hall–Kier alpha value is -1.45. The average molecular weight is 298 g/mol. The second-order valence-electron chi connectivity index (χ2n) is 5.71. The molecule has 3 aliphatic rings. The number of nitrogens with zero attached hydrogens (tertiary/aromatic N) is 1. The SMILES string of the molecule is Cc1cc2cc(C)c1-2.Sc1ccccc1N1CCNCC1. The number of rotatable bonds is 1. The number of benzene rings is 2. The zero-order valence-electron chi connectivity index (χ0n) is 12.7. The molecule has 1 N–H and O–H groups in total. The van der Waals surface area contributed by atoms with Crippen molar-refractivity contribution in [3.8, 4) is 11.1 Å². The van der Waals surface area contributed by atoms with Crippen molar-refractivity contribution in [2.24, 2.45) is 0 Å². The normalized spacial score (nSPS) is 15.3. The maximum atomic E-state index is 4.45. The van der Waals surface area contributed by atoms with Gasteiger partial charge in [0.2, 0.25) is 0 Å². The number of hydrogen-bond acceptors (Lipinski definition) is 3. The molecule has 21 heavy (non-hydrogen) atoms. The van der Waals surface area contributed by atoms with Gasteiger partial charge in [-0.15, -0.1) is 12.6 Å². The molecule has 0 saturated carbocycles. The molecule has 2 aliphatic carbocycles. The third kappa shape index (κ3) is 2.94. The largest absolute Gasteiger partial charge is 0.368 e. The van der Waals surface area contributed by atoms with E-state index >= 15 is 0 Å². The highest BCUT2D eigenvalue weighted by molar-refractivity contribution is 7.80. The Labute approximate surface area is 132 Å². The quantitative estimate of drug-likeness (QED) is 0.667. The second-order valence-corrected chi connectivity index (χ2v) is 6.19. The Kier molecular flexibility index (Phi) is 4.22. The summed E-state index contributed by atoms with van der Waals surface area (Å²) >= 11 is 4.45. The molecule has 0 atom stereocenters. The van der Waals surface area contributed by atoms with Crippen LogP contribution >= 0.6 is 12.6 Å². The molecule has 0 unspecified atom stereocenters. The van der Waals surface area contributed by atoms with E-state index in [1.54, 1.807) is 0 Å². The highest BCUT2D eigenvalue weighted by Gasteiger charge is 2.16. The molecule has 1 fully saturated rings. The third-order valence-corrected chi connectivity index (χ3v) is 4.54. The van der Waals surface area contributed by atoms with Gasteiger partial charge in [-0.1, -0.05) is 24.3 Å². The zero-order valence-corrected chi connectivity index (χ0v) is 13.6. The van der Waals surface area contributed by atoms with Crippen LogP contribution in [0.15, 0.2) is 41.3 Å². The van der Waals surface area contributed by atoms with Crippen LogP contribution in [-0.4, -0.2) is 26.2 Å². The first kappa shape index (κ1) is 14.5. The van der Waals surface area contributed by atoms with Gasteiger partial charge in [0.25, 0.3) is 0 Å². The highest BCUT2D eigenvalue weighted by Crippen LogP contribution is 2.39. The summed E-state index contributed by atoms with van der Waals surface area (Å²) in [6, 6.07) is 12.7. The summed E-state index contributed by atoms with van der Waals surface area (Å²) in [6.07, 6.45) is 0. The molecule has 3 heteroatoms. The van der Waals surface area contributed by atoms with E-state index in [4.69, 9.17) is 0 Å².